The molecule has 0 aromatic heterocycles. The lowest BCUT2D eigenvalue weighted by atomic mass is 9.91. The van der Waals surface area contributed by atoms with Gasteiger partial charge in [-0.05, 0) is 43.7 Å². The van der Waals surface area contributed by atoms with Crippen molar-refractivity contribution in [3.8, 4) is 5.75 Å². The van der Waals surface area contributed by atoms with Gasteiger partial charge in [0.2, 0.25) is 0 Å². The number of rotatable bonds is 7. The molecule has 2 N–H and O–H groups in total. The number of aliphatic hydroxyl groups is 1. The summed E-state index contributed by atoms with van der Waals surface area (Å²) in [4.78, 5) is 11.4. The number of benzene rings is 1. The predicted molar refractivity (Wildman–Crippen MR) is 108 cm³/mol. The molecule has 5 heteroatoms. The minimum Gasteiger partial charge on any atom is -0.487 e. The number of carbonyl (C=O) groups is 1. The van der Waals surface area contributed by atoms with Crippen molar-refractivity contribution in [2.45, 2.75) is 71.2 Å². The molecule has 2 aliphatic heterocycles. The molecule has 1 unspecified atom stereocenters. The Bertz CT molecular complexity index is 726. The summed E-state index contributed by atoms with van der Waals surface area (Å²) in [5, 5.41) is 19.8. The van der Waals surface area contributed by atoms with Crippen molar-refractivity contribution in [3.05, 3.63) is 41.0 Å². The summed E-state index contributed by atoms with van der Waals surface area (Å²) in [5.41, 5.74) is 2.04. The van der Waals surface area contributed by atoms with Crippen LogP contribution in [0.25, 0.3) is 0 Å². The lowest BCUT2D eigenvalue weighted by molar-refractivity contribution is 0.0694. The van der Waals surface area contributed by atoms with E-state index in [4.69, 9.17) is 9.47 Å². The van der Waals surface area contributed by atoms with Crippen LogP contribution in [0.3, 0.4) is 0 Å². The molecule has 3 rings (SSSR count). The Morgan fingerprint density at radius 3 is 2.89 bits per heavy atom. The Labute approximate surface area is 167 Å². The number of ether oxygens (including phenoxy) is 2. The molecule has 5 atom stereocenters. The Morgan fingerprint density at radius 2 is 2.18 bits per heavy atom. The van der Waals surface area contributed by atoms with Gasteiger partial charge >= 0.3 is 5.97 Å². The molecule has 154 valence electrons. The van der Waals surface area contributed by atoms with E-state index in [1.807, 2.05) is 25.1 Å². The third-order valence-electron chi connectivity index (χ3n) is 6.18. The van der Waals surface area contributed by atoms with Crippen molar-refractivity contribution in [2.24, 2.45) is 11.8 Å². The summed E-state index contributed by atoms with van der Waals surface area (Å²) < 4.78 is 12.2. The minimum absolute atomic E-state index is 0.0772. The fourth-order valence-corrected chi connectivity index (χ4v) is 4.26. The molecule has 0 aliphatic carbocycles. The van der Waals surface area contributed by atoms with E-state index in [0.29, 0.717) is 17.9 Å². The Morgan fingerprint density at radius 1 is 1.39 bits per heavy atom. The number of hydrogen-bond donors (Lipinski definition) is 2. The van der Waals surface area contributed by atoms with Gasteiger partial charge < -0.3 is 19.7 Å². The summed E-state index contributed by atoms with van der Waals surface area (Å²) in [7, 11) is 0. The van der Waals surface area contributed by atoms with Crippen LogP contribution >= 0.6 is 0 Å². The highest BCUT2D eigenvalue weighted by molar-refractivity contribution is 5.90. The van der Waals surface area contributed by atoms with Crippen molar-refractivity contribution in [2.75, 3.05) is 6.61 Å². The van der Waals surface area contributed by atoms with Crippen LogP contribution in [0.1, 0.15) is 61.0 Å². The Kier molecular flexibility index (Phi) is 6.78. The zero-order valence-electron chi connectivity index (χ0n) is 17.1. The number of fused-ring (bicyclic) bond motifs is 2. The van der Waals surface area contributed by atoms with E-state index < -0.39 is 12.1 Å². The molecule has 0 radical (unpaired) electrons. The van der Waals surface area contributed by atoms with E-state index in [0.717, 1.165) is 37.7 Å². The molecular weight excluding hydrogens is 356 g/mol. The van der Waals surface area contributed by atoms with Gasteiger partial charge in [0.15, 0.2) is 0 Å². The molecule has 28 heavy (non-hydrogen) atoms. The molecule has 1 saturated heterocycles. The third kappa shape index (κ3) is 4.41. The van der Waals surface area contributed by atoms with Gasteiger partial charge in [-0.3, -0.25) is 0 Å². The average Bonchev–Trinajstić information content (AvgIpc) is 2.95. The van der Waals surface area contributed by atoms with Gasteiger partial charge in [-0.2, -0.15) is 0 Å². The van der Waals surface area contributed by atoms with Crippen molar-refractivity contribution < 1.29 is 24.5 Å². The first-order valence-corrected chi connectivity index (χ1v) is 10.4. The quantitative estimate of drug-likeness (QED) is 0.687. The van der Waals surface area contributed by atoms with E-state index in [9.17, 15) is 15.0 Å². The summed E-state index contributed by atoms with van der Waals surface area (Å²) in [6, 6.07) is 3.54. The number of aliphatic hydroxyl groups excluding tert-OH is 1. The fourth-order valence-electron chi connectivity index (χ4n) is 4.26. The number of aromatic carboxylic acids is 1. The van der Waals surface area contributed by atoms with Crippen LogP contribution in [0.2, 0.25) is 0 Å². The molecule has 0 amide bonds. The number of unbranched alkanes of at least 4 members (excludes halogenated alkanes) is 1. The minimum atomic E-state index is -0.931. The summed E-state index contributed by atoms with van der Waals surface area (Å²) >= 11 is 0. The van der Waals surface area contributed by atoms with E-state index in [1.54, 1.807) is 6.07 Å². The molecule has 1 aromatic carbocycles. The van der Waals surface area contributed by atoms with Crippen LogP contribution in [0.4, 0.5) is 0 Å². The van der Waals surface area contributed by atoms with E-state index in [-0.39, 0.29) is 29.6 Å². The fraction of sp³-hybridized carbons (Fsp3) is 0.609. The second-order valence-electron chi connectivity index (χ2n) is 8.18. The molecular formula is C23H32O5. The van der Waals surface area contributed by atoms with Gasteiger partial charge in [0, 0.05) is 11.5 Å². The summed E-state index contributed by atoms with van der Waals surface area (Å²) in [5.74, 6) is 0.211. The lowest BCUT2D eigenvalue weighted by Gasteiger charge is -2.20. The maximum Gasteiger partial charge on any atom is 0.336 e. The molecule has 0 saturated carbocycles. The molecule has 1 fully saturated rings. The van der Waals surface area contributed by atoms with Crippen molar-refractivity contribution in [1.82, 2.24) is 0 Å². The summed E-state index contributed by atoms with van der Waals surface area (Å²) in [6.45, 7) is 6.53. The third-order valence-corrected chi connectivity index (χ3v) is 6.18. The van der Waals surface area contributed by atoms with Crippen molar-refractivity contribution in [1.29, 1.82) is 0 Å². The van der Waals surface area contributed by atoms with Gasteiger partial charge in [0.1, 0.15) is 11.9 Å². The van der Waals surface area contributed by atoms with Crippen LogP contribution in [-0.2, 0) is 11.2 Å². The van der Waals surface area contributed by atoms with Crippen LogP contribution in [0, 0.1) is 18.8 Å². The van der Waals surface area contributed by atoms with Gasteiger partial charge in [-0.1, -0.05) is 44.9 Å². The summed E-state index contributed by atoms with van der Waals surface area (Å²) in [6.07, 6.45) is 8.27. The smallest absolute Gasteiger partial charge is 0.336 e. The van der Waals surface area contributed by atoms with Gasteiger partial charge in [-0.25, -0.2) is 4.79 Å². The molecule has 2 heterocycles. The first kappa shape index (κ1) is 20.9. The van der Waals surface area contributed by atoms with Gasteiger partial charge in [0.25, 0.3) is 0 Å². The molecule has 1 aromatic rings. The monoisotopic (exact) mass is 388 g/mol. The zero-order chi connectivity index (χ0) is 20.3. The van der Waals surface area contributed by atoms with Crippen LogP contribution in [0.5, 0.6) is 5.75 Å². The Balaban J connectivity index is 1.70. The second kappa shape index (κ2) is 9.10. The topological polar surface area (TPSA) is 76.0 Å². The standard InChI is InChI=1S/C23H32O5/c1-4-5-6-14(2)19(24)11-12-20-18-10-8-16-7-9-17(23(25)26)15(3)22(16)28-21(18)13-27-20/h7,9,11-12,14,18-21,24H,4-6,8,10,13H2,1-3H3,(H,25,26)/b12-11+/t14-,18+,19?,20+,21-/m0/s1. The molecule has 5 nitrogen and oxygen atoms in total. The number of hydrogen-bond acceptors (Lipinski definition) is 4. The highest BCUT2D eigenvalue weighted by Gasteiger charge is 2.40. The largest absolute Gasteiger partial charge is 0.487 e. The predicted octanol–water partition coefficient (Wildman–Crippen LogP) is 4.15. The molecule has 0 spiro atoms. The van der Waals surface area contributed by atoms with Gasteiger partial charge in [-0.15, -0.1) is 0 Å². The lowest BCUT2D eigenvalue weighted by Crippen LogP contribution is -2.27. The normalized spacial score (nSPS) is 26.2. The average molecular weight is 389 g/mol. The highest BCUT2D eigenvalue weighted by Crippen LogP contribution is 2.38. The SMILES string of the molecule is CCCC[C@H](C)C(O)/C=C/[C@H]1OC[C@@H]2Oc3c(ccc(C(=O)O)c3C)CC[C@@H]21. The molecule has 0 bridgehead atoms. The van der Waals surface area contributed by atoms with E-state index in [1.165, 1.54) is 0 Å². The zero-order valence-corrected chi connectivity index (χ0v) is 17.1. The number of carboxylic acid groups (broad SMARTS) is 1. The van der Waals surface area contributed by atoms with E-state index >= 15 is 0 Å². The second-order valence-corrected chi connectivity index (χ2v) is 8.18. The maximum atomic E-state index is 11.4. The number of carboxylic acids is 1. The first-order chi connectivity index (χ1) is 13.4. The van der Waals surface area contributed by atoms with Crippen molar-refractivity contribution >= 4 is 5.97 Å². The molecule has 2 aliphatic rings. The van der Waals surface area contributed by atoms with Crippen LogP contribution < -0.4 is 4.74 Å². The highest BCUT2D eigenvalue weighted by atomic mass is 16.6. The van der Waals surface area contributed by atoms with Crippen LogP contribution in [-0.4, -0.2) is 41.1 Å². The van der Waals surface area contributed by atoms with Crippen LogP contribution in [0.15, 0.2) is 24.3 Å². The van der Waals surface area contributed by atoms with E-state index in [2.05, 4.69) is 13.8 Å². The number of aryl methyl sites for hydroxylation is 1. The first-order valence-electron chi connectivity index (χ1n) is 10.4. The van der Waals surface area contributed by atoms with Crippen molar-refractivity contribution in [3.63, 3.8) is 0 Å². The Hall–Kier alpha value is -1.85. The van der Waals surface area contributed by atoms with Gasteiger partial charge in [0.05, 0.1) is 24.4 Å². The maximum absolute atomic E-state index is 11.4.